The van der Waals surface area contributed by atoms with Gasteiger partial charge >= 0.3 is 6.18 Å². The molecule has 19 heteroatoms. The van der Waals surface area contributed by atoms with Crippen molar-refractivity contribution in [2.45, 2.75) is 69.6 Å². The van der Waals surface area contributed by atoms with Crippen molar-refractivity contribution in [1.82, 2.24) is 30.0 Å². The van der Waals surface area contributed by atoms with Crippen LogP contribution in [0.3, 0.4) is 0 Å². The minimum atomic E-state index is -4.69. The van der Waals surface area contributed by atoms with Gasteiger partial charge in [-0.05, 0) is 87.3 Å². The number of fused-ring (bicyclic) bond motifs is 1. The molecule has 3 aromatic rings. The van der Waals surface area contributed by atoms with Crippen LogP contribution in [0, 0.1) is 23.2 Å². The maximum absolute atomic E-state index is 13.5. The number of nitriles is 1. The highest BCUT2D eigenvalue weighted by atomic mass is 19.4. The summed E-state index contributed by atoms with van der Waals surface area (Å²) in [6.07, 6.45) is 3.72. The molecule has 0 radical (unpaired) electrons. The Hall–Kier alpha value is -6.13. The van der Waals surface area contributed by atoms with Gasteiger partial charge in [0.1, 0.15) is 17.9 Å². The summed E-state index contributed by atoms with van der Waals surface area (Å²) in [4.78, 5) is 84.6. The third-order valence-corrected chi connectivity index (χ3v) is 14.2. The van der Waals surface area contributed by atoms with E-state index >= 15 is 0 Å². The number of hydrogen-bond donors (Lipinski definition) is 2. The van der Waals surface area contributed by atoms with Gasteiger partial charge in [0.15, 0.2) is 5.69 Å². The number of halogens is 3. The van der Waals surface area contributed by atoms with Crippen molar-refractivity contribution >= 4 is 52.4 Å². The summed E-state index contributed by atoms with van der Waals surface area (Å²) in [5.74, 6) is -1.38. The fourth-order valence-electron chi connectivity index (χ4n) is 10.4. The van der Waals surface area contributed by atoms with Crippen LogP contribution < -0.4 is 25.3 Å². The zero-order valence-electron chi connectivity index (χ0n) is 36.1. The topological polar surface area (TPSA) is 178 Å². The van der Waals surface area contributed by atoms with Crippen LogP contribution in [-0.4, -0.2) is 138 Å². The van der Waals surface area contributed by atoms with Crippen LogP contribution in [-0.2, 0) is 20.6 Å². The number of aromatic nitrogens is 2. The van der Waals surface area contributed by atoms with E-state index in [0.717, 1.165) is 107 Å². The normalized spacial score (nSPS) is 22.3. The fourth-order valence-corrected chi connectivity index (χ4v) is 10.4. The Morgan fingerprint density at radius 3 is 2.03 bits per heavy atom. The molecule has 9 rings (SSSR count). The Balaban J connectivity index is 0.674. The Kier molecular flexibility index (Phi) is 12.5. The second kappa shape index (κ2) is 18.4. The van der Waals surface area contributed by atoms with Crippen molar-refractivity contribution < 1.29 is 37.1 Å². The molecule has 1 atom stereocenters. The maximum atomic E-state index is 13.5. The summed E-state index contributed by atoms with van der Waals surface area (Å²) in [6.45, 7) is 9.55. The number of benzene rings is 1. The third kappa shape index (κ3) is 9.37. The molecule has 5 saturated heterocycles. The number of hydrogen-bond acceptors (Lipinski definition) is 13. The molecule has 8 heterocycles. The summed E-state index contributed by atoms with van der Waals surface area (Å²) in [5, 5.41) is 14.2. The fraction of sp³-hybridized carbons (Fsp3) is 0.522. The van der Waals surface area contributed by atoms with Gasteiger partial charge in [0.25, 0.3) is 11.8 Å². The number of carbonyl (C=O) groups is 5. The van der Waals surface area contributed by atoms with Crippen molar-refractivity contribution in [3.63, 3.8) is 0 Å². The van der Waals surface area contributed by atoms with Gasteiger partial charge in [-0.25, -0.2) is 9.97 Å². The largest absolute Gasteiger partial charge is 0.419 e. The molecule has 2 aromatic heterocycles. The molecule has 342 valence electrons. The van der Waals surface area contributed by atoms with Gasteiger partial charge in [-0.1, -0.05) is 0 Å². The molecular weight excluding hydrogens is 844 g/mol. The lowest BCUT2D eigenvalue weighted by Gasteiger charge is -2.44. The Morgan fingerprint density at radius 2 is 1.37 bits per heavy atom. The summed E-state index contributed by atoms with van der Waals surface area (Å²) in [6, 6.07) is 11.1. The molecule has 65 heavy (non-hydrogen) atoms. The van der Waals surface area contributed by atoms with Crippen LogP contribution in [0.1, 0.15) is 83.3 Å². The monoisotopic (exact) mass is 895 g/mol. The average molecular weight is 896 g/mol. The molecule has 0 spiro atoms. The lowest BCUT2D eigenvalue weighted by atomic mass is 9.95. The summed E-state index contributed by atoms with van der Waals surface area (Å²) < 4.78 is 40.4. The number of piperidine rings is 4. The summed E-state index contributed by atoms with van der Waals surface area (Å²) in [7, 11) is 0. The van der Waals surface area contributed by atoms with Crippen LogP contribution in [0.25, 0.3) is 0 Å². The number of carbonyl (C=O) groups excluding carboxylic acids is 5. The highest BCUT2D eigenvalue weighted by Crippen LogP contribution is 2.36. The van der Waals surface area contributed by atoms with Crippen molar-refractivity contribution in [3.8, 4) is 6.07 Å². The molecule has 0 aliphatic carbocycles. The number of rotatable bonds is 9. The summed E-state index contributed by atoms with van der Waals surface area (Å²) in [5.41, 5.74) is 1.08. The Morgan fingerprint density at radius 1 is 0.738 bits per heavy atom. The summed E-state index contributed by atoms with van der Waals surface area (Å²) >= 11 is 0. The minimum Gasteiger partial charge on any atom is -0.371 e. The highest BCUT2D eigenvalue weighted by molar-refractivity contribution is 6.23. The van der Waals surface area contributed by atoms with E-state index in [1.165, 1.54) is 12.3 Å². The van der Waals surface area contributed by atoms with Gasteiger partial charge in [0, 0.05) is 96.1 Å². The molecule has 1 aromatic carbocycles. The van der Waals surface area contributed by atoms with E-state index in [1.54, 1.807) is 23.2 Å². The lowest BCUT2D eigenvalue weighted by molar-refractivity contribution is -0.138. The first-order valence-electron chi connectivity index (χ1n) is 22.6. The molecule has 0 saturated carbocycles. The van der Waals surface area contributed by atoms with Crippen LogP contribution in [0.2, 0.25) is 0 Å². The first kappa shape index (κ1) is 44.1. The van der Waals surface area contributed by atoms with E-state index in [0.29, 0.717) is 54.8 Å². The van der Waals surface area contributed by atoms with Crippen LogP contribution in [0.15, 0.2) is 48.8 Å². The SMILES string of the molecule is N#Cc1ncc(N2CCC(C(=O)Nc3ccc(N4CCC(CN5CCN(C6CCN(c7ccc8c(c7)C(=O)N(C7CCC(=O)NC7=O)C8=O)CC6)CC5)CC4)cn3)CC2)cc1C(F)(F)F. The molecule has 1 unspecified atom stereocenters. The van der Waals surface area contributed by atoms with Gasteiger partial charge in [0.05, 0.1) is 40.5 Å². The highest BCUT2D eigenvalue weighted by Gasteiger charge is 2.45. The first-order valence-corrected chi connectivity index (χ1v) is 22.6. The van der Waals surface area contributed by atoms with Gasteiger partial charge in [0.2, 0.25) is 17.7 Å². The van der Waals surface area contributed by atoms with E-state index in [9.17, 15) is 37.1 Å². The van der Waals surface area contributed by atoms with Crippen molar-refractivity contribution in [3.05, 3.63) is 71.2 Å². The predicted octanol–water partition coefficient (Wildman–Crippen LogP) is 4.13. The third-order valence-electron chi connectivity index (χ3n) is 14.2. The van der Waals surface area contributed by atoms with Crippen LogP contribution >= 0.6 is 0 Å². The van der Waals surface area contributed by atoms with E-state index < -0.39 is 47.1 Å². The molecule has 16 nitrogen and oxygen atoms in total. The average Bonchev–Trinajstić information content (AvgIpc) is 3.56. The molecule has 2 N–H and O–H groups in total. The number of nitrogens with zero attached hydrogens (tertiary/aromatic N) is 9. The Bertz CT molecular complexity index is 2360. The van der Waals surface area contributed by atoms with Crippen molar-refractivity contribution in [2.24, 2.45) is 11.8 Å². The van der Waals surface area contributed by atoms with E-state index in [2.05, 4.69) is 40.2 Å². The van der Waals surface area contributed by atoms with Crippen LogP contribution in [0.5, 0.6) is 0 Å². The molecule has 6 aliphatic heterocycles. The Labute approximate surface area is 374 Å². The van der Waals surface area contributed by atoms with Gasteiger partial charge in [-0.3, -0.25) is 39.1 Å². The van der Waals surface area contributed by atoms with Crippen molar-refractivity contribution in [2.75, 3.05) is 92.0 Å². The van der Waals surface area contributed by atoms with E-state index in [4.69, 9.17) is 5.26 Å². The molecule has 5 fully saturated rings. The number of alkyl halides is 3. The second-order valence-electron chi connectivity index (χ2n) is 18.0. The maximum Gasteiger partial charge on any atom is 0.419 e. The quantitative estimate of drug-likeness (QED) is 0.294. The van der Waals surface area contributed by atoms with Gasteiger partial charge in [-0.2, -0.15) is 18.4 Å². The standard InChI is InChI=1S/C46H52F3N11O5/c47-46(48,49)37-24-34(27-51-38(37)25-50)58-15-9-30(10-16-58)42(62)53-40-5-2-33(26-52-40)57-13-7-29(8-14-57)28-55-19-21-59(22-20-55)31-11-17-56(18-12-31)32-1-3-35-36(23-32)45(65)60(44(35)64)39-4-6-41(61)54-43(39)63/h1-3,5,23-24,26-27,29-31,39H,4,6-22,28H2,(H,52,53,62)(H,54,61,63). The first-order chi connectivity index (χ1) is 31.3. The lowest BCUT2D eigenvalue weighted by Crippen LogP contribution is -2.54. The zero-order valence-corrected chi connectivity index (χ0v) is 36.1. The van der Waals surface area contributed by atoms with E-state index in [1.807, 2.05) is 18.2 Å². The zero-order chi connectivity index (χ0) is 45.4. The van der Waals surface area contributed by atoms with Crippen molar-refractivity contribution in [1.29, 1.82) is 5.26 Å². The smallest absolute Gasteiger partial charge is 0.371 e. The number of nitrogens with one attached hydrogen (secondary N) is 2. The number of piperazine rings is 1. The number of anilines is 4. The van der Waals surface area contributed by atoms with Gasteiger partial charge < -0.3 is 24.9 Å². The number of pyridine rings is 2. The number of amides is 5. The molecule has 5 amide bonds. The molecule has 0 bridgehead atoms. The molecular formula is C46H52F3N11O5. The van der Waals surface area contributed by atoms with E-state index in [-0.39, 0.29) is 30.4 Å². The molecule has 6 aliphatic rings. The minimum absolute atomic E-state index is 0.0869. The number of imide groups is 2. The van der Waals surface area contributed by atoms with Gasteiger partial charge in [-0.15, -0.1) is 0 Å². The second-order valence-corrected chi connectivity index (χ2v) is 18.0. The van der Waals surface area contributed by atoms with Crippen LogP contribution in [0.4, 0.5) is 36.1 Å². The predicted molar refractivity (Wildman–Crippen MR) is 233 cm³/mol.